The fourth-order valence-electron chi connectivity index (χ4n) is 2.50. The van der Waals surface area contributed by atoms with Crippen molar-refractivity contribution in [3.8, 4) is 22.6 Å². The molecule has 1 aliphatic rings. The number of benzene rings is 2. The van der Waals surface area contributed by atoms with E-state index in [2.05, 4.69) is 13.0 Å². The molecule has 18 heavy (non-hydrogen) atoms. The predicted molar refractivity (Wildman–Crippen MR) is 71.9 cm³/mol. The van der Waals surface area contributed by atoms with Crippen LogP contribution in [-0.2, 0) is 6.42 Å². The number of aromatic hydroxyl groups is 1. The number of hydrogen-bond donors (Lipinski definition) is 1. The minimum Gasteiger partial charge on any atom is -0.507 e. The van der Waals surface area contributed by atoms with Gasteiger partial charge in [0.05, 0.1) is 6.61 Å². The molecule has 0 radical (unpaired) electrons. The summed E-state index contributed by atoms with van der Waals surface area (Å²) in [6.07, 6.45) is 1.000. The molecule has 1 heterocycles. The number of rotatable bonds is 1. The van der Waals surface area contributed by atoms with E-state index < -0.39 is 0 Å². The molecule has 2 aromatic carbocycles. The molecule has 0 bridgehead atoms. The fraction of sp³-hybridized carbons (Fsp3) is 0.250. The maximum Gasteiger partial charge on any atom is 0.123 e. The molecular weight excluding hydrogens is 224 g/mol. The molecule has 0 spiro atoms. The maximum absolute atomic E-state index is 9.99. The molecule has 92 valence electrons. The lowest BCUT2D eigenvalue weighted by atomic mass is 9.90. The van der Waals surface area contributed by atoms with Gasteiger partial charge in [0, 0.05) is 11.1 Å². The van der Waals surface area contributed by atoms with Gasteiger partial charge >= 0.3 is 0 Å². The highest BCUT2D eigenvalue weighted by Crippen LogP contribution is 2.38. The largest absolute Gasteiger partial charge is 0.507 e. The lowest BCUT2D eigenvalue weighted by molar-refractivity contribution is 0.234. The normalized spacial score (nSPS) is 17.9. The van der Waals surface area contributed by atoms with Gasteiger partial charge in [-0.05, 0) is 30.0 Å². The van der Waals surface area contributed by atoms with E-state index in [0.29, 0.717) is 11.7 Å². The van der Waals surface area contributed by atoms with E-state index in [1.165, 1.54) is 5.56 Å². The summed E-state index contributed by atoms with van der Waals surface area (Å²) in [6.45, 7) is 2.96. The Hall–Kier alpha value is -1.96. The average molecular weight is 240 g/mol. The fourth-order valence-corrected chi connectivity index (χ4v) is 2.50. The third-order valence-corrected chi connectivity index (χ3v) is 3.40. The van der Waals surface area contributed by atoms with E-state index in [4.69, 9.17) is 4.74 Å². The summed E-state index contributed by atoms with van der Waals surface area (Å²) in [5, 5.41) is 9.99. The van der Waals surface area contributed by atoms with Crippen LogP contribution in [0.4, 0.5) is 0 Å². The number of hydrogen-bond acceptors (Lipinski definition) is 2. The second-order valence-electron chi connectivity index (χ2n) is 4.92. The average Bonchev–Trinajstić information content (AvgIpc) is 2.39. The Balaban J connectivity index is 2.16. The molecular formula is C16H16O2. The minimum atomic E-state index is 0.323. The molecule has 0 saturated carbocycles. The Labute approximate surface area is 107 Å². The summed E-state index contributed by atoms with van der Waals surface area (Å²) in [6, 6.07) is 13.5. The lowest BCUT2D eigenvalue weighted by Gasteiger charge is -2.25. The van der Waals surface area contributed by atoms with Crippen LogP contribution in [0.1, 0.15) is 12.5 Å². The standard InChI is InChI=1S/C16H16O2/c1-11-9-14-12(6-4-8-16(14)18-10-11)13-5-2-3-7-15(13)17/h2-8,11,17H,9-10H2,1H3. The van der Waals surface area contributed by atoms with Crippen LogP contribution in [0.5, 0.6) is 11.5 Å². The Bertz CT molecular complexity index is 575. The van der Waals surface area contributed by atoms with Crippen LogP contribution in [0, 0.1) is 5.92 Å². The molecule has 0 fully saturated rings. The first-order valence-electron chi connectivity index (χ1n) is 6.29. The molecule has 0 aromatic heterocycles. The third-order valence-electron chi connectivity index (χ3n) is 3.40. The summed E-state index contributed by atoms with van der Waals surface area (Å²) in [4.78, 5) is 0. The van der Waals surface area contributed by atoms with Gasteiger partial charge in [-0.3, -0.25) is 0 Å². The van der Waals surface area contributed by atoms with Crippen LogP contribution in [-0.4, -0.2) is 11.7 Å². The summed E-state index contributed by atoms with van der Waals surface area (Å²) < 4.78 is 5.76. The van der Waals surface area contributed by atoms with Crippen LogP contribution < -0.4 is 4.74 Å². The quantitative estimate of drug-likeness (QED) is 0.824. The highest BCUT2D eigenvalue weighted by Gasteiger charge is 2.20. The van der Waals surface area contributed by atoms with Crippen LogP contribution in [0.25, 0.3) is 11.1 Å². The van der Waals surface area contributed by atoms with E-state index in [-0.39, 0.29) is 0 Å². The summed E-state index contributed by atoms with van der Waals surface area (Å²) in [5.74, 6) is 1.79. The van der Waals surface area contributed by atoms with Crippen molar-refractivity contribution in [3.63, 3.8) is 0 Å². The molecule has 3 rings (SSSR count). The van der Waals surface area contributed by atoms with Crippen molar-refractivity contribution in [2.24, 2.45) is 5.92 Å². The molecule has 0 aliphatic carbocycles. The SMILES string of the molecule is CC1COc2cccc(-c3ccccc3O)c2C1. The topological polar surface area (TPSA) is 29.5 Å². The first-order valence-corrected chi connectivity index (χ1v) is 6.29. The van der Waals surface area contributed by atoms with Crippen LogP contribution in [0.2, 0.25) is 0 Å². The number of phenolic OH excluding ortho intramolecular Hbond substituents is 1. The first-order chi connectivity index (χ1) is 8.75. The van der Waals surface area contributed by atoms with E-state index in [1.54, 1.807) is 6.07 Å². The van der Waals surface area contributed by atoms with Gasteiger partial charge in [-0.15, -0.1) is 0 Å². The van der Waals surface area contributed by atoms with Gasteiger partial charge in [0.15, 0.2) is 0 Å². The van der Waals surface area contributed by atoms with Crippen molar-refractivity contribution >= 4 is 0 Å². The maximum atomic E-state index is 9.99. The Morgan fingerprint density at radius 2 is 1.83 bits per heavy atom. The van der Waals surface area contributed by atoms with Crippen molar-refractivity contribution in [3.05, 3.63) is 48.0 Å². The molecule has 1 aliphatic heterocycles. The molecule has 1 atom stereocenters. The number of fused-ring (bicyclic) bond motifs is 1. The van der Waals surface area contributed by atoms with Gasteiger partial charge in [0.25, 0.3) is 0 Å². The molecule has 2 aromatic rings. The summed E-state index contributed by atoms with van der Waals surface area (Å²) >= 11 is 0. The molecule has 0 saturated heterocycles. The third kappa shape index (κ3) is 1.84. The zero-order valence-corrected chi connectivity index (χ0v) is 10.4. The van der Waals surface area contributed by atoms with Crippen molar-refractivity contribution in [2.45, 2.75) is 13.3 Å². The molecule has 1 unspecified atom stereocenters. The second kappa shape index (κ2) is 4.37. The Morgan fingerprint density at radius 1 is 1.06 bits per heavy atom. The van der Waals surface area contributed by atoms with Gasteiger partial charge in [-0.2, -0.15) is 0 Å². The Morgan fingerprint density at radius 3 is 2.67 bits per heavy atom. The van der Waals surface area contributed by atoms with E-state index in [1.807, 2.05) is 30.3 Å². The van der Waals surface area contributed by atoms with E-state index in [9.17, 15) is 5.11 Å². The van der Waals surface area contributed by atoms with Crippen LogP contribution in [0.15, 0.2) is 42.5 Å². The second-order valence-corrected chi connectivity index (χ2v) is 4.92. The number of phenols is 1. The molecule has 1 N–H and O–H groups in total. The molecule has 2 heteroatoms. The van der Waals surface area contributed by atoms with Crippen molar-refractivity contribution in [1.82, 2.24) is 0 Å². The van der Waals surface area contributed by atoms with Gasteiger partial charge in [0.1, 0.15) is 11.5 Å². The van der Waals surface area contributed by atoms with Crippen LogP contribution in [0.3, 0.4) is 0 Å². The minimum absolute atomic E-state index is 0.323. The zero-order valence-electron chi connectivity index (χ0n) is 10.4. The molecule has 2 nitrogen and oxygen atoms in total. The summed E-state index contributed by atoms with van der Waals surface area (Å²) in [7, 11) is 0. The number of para-hydroxylation sites is 1. The van der Waals surface area contributed by atoms with Crippen LogP contribution >= 0.6 is 0 Å². The molecule has 0 amide bonds. The monoisotopic (exact) mass is 240 g/mol. The Kier molecular flexibility index (Phi) is 2.71. The van der Waals surface area contributed by atoms with Crippen molar-refractivity contribution < 1.29 is 9.84 Å². The smallest absolute Gasteiger partial charge is 0.123 e. The highest BCUT2D eigenvalue weighted by atomic mass is 16.5. The van der Waals surface area contributed by atoms with Crippen molar-refractivity contribution in [1.29, 1.82) is 0 Å². The van der Waals surface area contributed by atoms with Gasteiger partial charge < -0.3 is 9.84 Å². The summed E-state index contributed by atoms with van der Waals surface area (Å²) in [5.41, 5.74) is 3.17. The highest BCUT2D eigenvalue weighted by molar-refractivity contribution is 5.75. The lowest BCUT2D eigenvalue weighted by Crippen LogP contribution is -2.18. The van der Waals surface area contributed by atoms with Gasteiger partial charge in [0.2, 0.25) is 0 Å². The zero-order chi connectivity index (χ0) is 12.5. The predicted octanol–water partition coefficient (Wildman–Crippen LogP) is 3.63. The van der Waals surface area contributed by atoms with Crippen molar-refractivity contribution in [2.75, 3.05) is 6.61 Å². The van der Waals surface area contributed by atoms with Gasteiger partial charge in [-0.25, -0.2) is 0 Å². The van der Waals surface area contributed by atoms with E-state index in [0.717, 1.165) is 29.9 Å². The number of ether oxygens (including phenoxy) is 1. The van der Waals surface area contributed by atoms with E-state index >= 15 is 0 Å². The van der Waals surface area contributed by atoms with Gasteiger partial charge in [-0.1, -0.05) is 37.3 Å². The first kappa shape index (κ1) is 11.1.